The Morgan fingerprint density at radius 2 is 2.09 bits per heavy atom. The monoisotopic (exact) mass is 315 g/mol. The predicted octanol–water partition coefficient (Wildman–Crippen LogP) is 1.42. The van der Waals surface area contributed by atoms with E-state index in [0.717, 1.165) is 37.6 Å². The lowest BCUT2D eigenvalue weighted by molar-refractivity contribution is 0.111. The summed E-state index contributed by atoms with van der Waals surface area (Å²) >= 11 is 0. The molecule has 0 aliphatic carbocycles. The van der Waals surface area contributed by atoms with E-state index in [4.69, 9.17) is 4.74 Å². The molecule has 0 spiro atoms. The highest BCUT2D eigenvalue weighted by molar-refractivity contribution is 5.29. The zero-order valence-electron chi connectivity index (χ0n) is 14.1. The number of aromatic nitrogens is 3. The smallest absolute Gasteiger partial charge is 0.164 e. The van der Waals surface area contributed by atoms with Gasteiger partial charge in [-0.05, 0) is 32.6 Å². The van der Waals surface area contributed by atoms with E-state index in [1.807, 2.05) is 35.0 Å². The second kappa shape index (κ2) is 7.21. The van der Waals surface area contributed by atoms with E-state index in [1.54, 1.807) is 13.4 Å². The molecule has 2 atom stereocenters. The molecule has 2 aromatic rings. The molecule has 1 aromatic carbocycles. The second-order valence-corrected chi connectivity index (χ2v) is 6.32. The summed E-state index contributed by atoms with van der Waals surface area (Å²) in [5.41, 5.74) is 1.03. The predicted molar refractivity (Wildman–Crippen MR) is 89.5 cm³/mol. The number of likely N-dealkylation sites (N-methyl/N-ethyl adjacent to an activating group) is 2. The summed E-state index contributed by atoms with van der Waals surface area (Å²) in [6.07, 6.45) is 3.22. The zero-order valence-corrected chi connectivity index (χ0v) is 14.1. The van der Waals surface area contributed by atoms with E-state index in [-0.39, 0.29) is 0 Å². The van der Waals surface area contributed by atoms with Gasteiger partial charge >= 0.3 is 0 Å². The normalized spacial score (nSPS) is 22.1. The molecule has 0 unspecified atom stereocenters. The highest BCUT2D eigenvalue weighted by Gasteiger charge is 2.30. The van der Waals surface area contributed by atoms with Crippen LogP contribution in [0.3, 0.4) is 0 Å². The average molecular weight is 315 g/mol. The highest BCUT2D eigenvalue weighted by atomic mass is 16.5. The molecule has 0 radical (unpaired) electrons. The number of methoxy groups -OCH3 is 1. The van der Waals surface area contributed by atoms with Crippen LogP contribution in [0, 0.1) is 0 Å². The molecule has 1 aromatic heterocycles. The van der Waals surface area contributed by atoms with Crippen LogP contribution in [0.15, 0.2) is 36.7 Å². The largest absolute Gasteiger partial charge is 0.380 e. The number of para-hydroxylation sites is 1. The van der Waals surface area contributed by atoms with Crippen LogP contribution >= 0.6 is 0 Å². The molecule has 0 bridgehead atoms. The van der Waals surface area contributed by atoms with Crippen molar-refractivity contribution in [3.05, 3.63) is 42.5 Å². The van der Waals surface area contributed by atoms with E-state index in [2.05, 4.69) is 34.0 Å². The van der Waals surface area contributed by atoms with Crippen molar-refractivity contribution in [2.45, 2.75) is 25.1 Å². The molecule has 1 aliphatic rings. The number of ether oxygens (including phenoxy) is 1. The molecule has 1 fully saturated rings. The Balaban J connectivity index is 1.56. The van der Waals surface area contributed by atoms with Crippen LogP contribution in [-0.2, 0) is 11.3 Å². The van der Waals surface area contributed by atoms with Gasteiger partial charge in [0.2, 0.25) is 0 Å². The lowest BCUT2D eigenvalue weighted by atomic mass is 10.2. The van der Waals surface area contributed by atoms with Crippen molar-refractivity contribution in [2.75, 3.05) is 34.3 Å². The van der Waals surface area contributed by atoms with Gasteiger partial charge in [-0.15, -0.1) is 5.10 Å². The molecule has 0 N–H and O–H groups in total. The highest BCUT2D eigenvalue weighted by Crippen LogP contribution is 2.19. The Bertz CT molecular complexity index is 614. The number of rotatable bonds is 6. The van der Waals surface area contributed by atoms with E-state index in [0.29, 0.717) is 12.1 Å². The van der Waals surface area contributed by atoms with E-state index in [9.17, 15) is 0 Å². The zero-order chi connectivity index (χ0) is 16.2. The van der Waals surface area contributed by atoms with Crippen LogP contribution in [-0.4, -0.2) is 71.0 Å². The number of likely N-dealkylation sites (tertiary alicyclic amines) is 1. The standard InChI is InChI=1S/C17H25N5O/c1-20(10-15-9-16(23-3)11-21(15)2)12-17-18-13-22(19-17)14-7-5-4-6-8-14/h4-8,13,15-16H,9-12H2,1-3H3/t15-,16-/m0/s1. The molecule has 1 saturated heterocycles. The minimum Gasteiger partial charge on any atom is -0.380 e. The fourth-order valence-electron chi connectivity index (χ4n) is 3.15. The molecule has 1 aliphatic heterocycles. The quantitative estimate of drug-likeness (QED) is 0.807. The van der Waals surface area contributed by atoms with E-state index in [1.165, 1.54) is 0 Å². The van der Waals surface area contributed by atoms with Crippen molar-refractivity contribution in [3.8, 4) is 5.69 Å². The maximum Gasteiger partial charge on any atom is 0.164 e. The Labute approximate surface area is 137 Å². The molecular weight excluding hydrogens is 290 g/mol. The number of nitrogens with zero attached hydrogens (tertiary/aromatic N) is 5. The summed E-state index contributed by atoms with van der Waals surface area (Å²) in [6, 6.07) is 10.6. The fraction of sp³-hybridized carbons (Fsp3) is 0.529. The number of hydrogen-bond acceptors (Lipinski definition) is 5. The minimum absolute atomic E-state index is 0.355. The van der Waals surface area contributed by atoms with Crippen LogP contribution in [0.25, 0.3) is 5.69 Å². The summed E-state index contributed by atoms with van der Waals surface area (Å²) < 4.78 is 7.30. The maximum absolute atomic E-state index is 5.48. The molecule has 3 rings (SSSR count). The molecule has 0 saturated carbocycles. The Morgan fingerprint density at radius 1 is 1.30 bits per heavy atom. The molecule has 124 valence electrons. The molecule has 23 heavy (non-hydrogen) atoms. The van der Waals surface area contributed by atoms with Crippen LogP contribution < -0.4 is 0 Å². The summed E-state index contributed by atoms with van der Waals surface area (Å²) in [7, 11) is 6.09. The minimum atomic E-state index is 0.355. The Kier molecular flexibility index (Phi) is 5.05. The van der Waals surface area contributed by atoms with Gasteiger partial charge in [0.1, 0.15) is 6.33 Å². The molecule has 6 nitrogen and oxygen atoms in total. The van der Waals surface area contributed by atoms with Crippen LogP contribution in [0.1, 0.15) is 12.2 Å². The van der Waals surface area contributed by atoms with Crippen LogP contribution in [0.5, 0.6) is 0 Å². The number of hydrogen-bond donors (Lipinski definition) is 0. The fourth-order valence-corrected chi connectivity index (χ4v) is 3.15. The first-order valence-corrected chi connectivity index (χ1v) is 8.03. The second-order valence-electron chi connectivity index (χ2n) is 6.32. The Morgan fingerprint density at radius 3 is 2.78 bits per heavy atom. The summed E-state index contributed by atoms with van der Waals surface area (Å²) in [5.74, 6) is 0.847. The van der Waals surface area contributed by atoms with Crippen LogP contribution in [0.2, 0.25) is 0 Å². The SMILES string of the molecule is CO[C@H]1C[C@@H](CN(C)Cc2ncn(-c3ccccc3)n2)N(C)C1. The van der Waals surface area contributed by atoms with Gasteiger partial charge < -0.3 is 4.74 Å². The van der Waals surface area contributed by atoms with Gasteiger partial charge in [0.05, 0.1) is 18.3 Å². The number of benzene rings is 1. The third-order valence-electron chi connectivity index (χ3n) is 4.48. The Hall–Kier alpha value is -1.76. The van der Waals surface area contributed by atoms with Crippen molar-refractivity contribution >= 4 is 0 Å². The van der Waals surface area contributed by atoms with Crippen LogP contribution in [0.4, 0.5) is 0 Å². The van der Waals surface area contributed by atoms with Gasteiger partial charge in [0, 0.05) is 26.2 Å². The van der Waals surface area contributed by atoms with Crippen molar-refractivity contribution in [1.82, 2.24) is 24.6 Å². The van der Waals surface area contributed by atoms with Gasteiger partial charge in [-0.2, -0.15) is 0 Å². The van der Waals surface area contributed by atoms with Gasteiger partial charge in [-0.3, -0.25) is 9.80 Å². The lowest BCUT2D eigenvalue weighted by Gasteiger charge is -2.24. The maximum atomic E-state index is 5.48. The molecule has 0 amide bonds. The molecule has 6 heteroatoms. The summed E-state index contributed by atoms with van der Waals surface area (Å²) in [4.78, 5) is 9.09. The summed E-state index contributed by atoms with van der Waals surface area (Å²) in [5, 5.41) is 4.57. The molecule has 2 heterocycles. The first kappa shape index (κ1) is 16.1. The topological polar surface area (TPSA) is 46.4 Å². The van der Waals surface area contributed by atoms with Gasteiger partial charge in [-0.1, -0.05) is 18.2 Å². The van der Waals surface area contributed by atoms with Gasteiger partial charge in [0.25, 0.3) is 0 Å². The van der Waals surface area contributed by atoms with Gasteiger partial charge in [0.15, 0.2) is 5.82 Å². The third-order valence-corrected chi connectivity index (χ3v) is 4.48. The first-order valence-electron chi connectivity index (χ1n) is 8.03. The van der Waals surface area contributed by atoms with Crippen molar-refractivity contribution in [3.63, 3.8) is 0 Å². The van der Waals surface area contributed by atoms with Gasteiger partial charge in [-0.25, -0.2) is 9.67 Å². The molecular formula is C17H25N5O. The van der Waals surface area contributed by atoms with Crippen molar-refractivity contribution < 1.29 is 4.74 Å². The van der Waals surface area contributed by atoms with Crippen molar-refractivity contribution in [2.24, 2.45) is 0 Å². The van der Waals surface area contributed by atoms with E-state index >= 15 is 0 Å². The average Bonchev–Trinajstić information content (AvgIpc) is 3.15. The lowest BCUT2D eigenvalue weighted by Crippen LogP contribution is -2.36. The van der Waals surface area contributed by atoms with E-state index < -0.39 is 0 Å². The summed E-state index contributed by atoms with van der Waals surface area (Å²) in [6.45, 7) is 2.76. The van der Waals surface area contributed by atoms with Crippen molar-refractivity contribution in [1.29, 1.82) is 0 Å². The first-order chi connectivity index (χ1) is 11.2. The third kappa shape index (κ3) is 3.96.